The third-order valence-electron chi connectivity index (χ3n) is 3.30. The summed E-state index contributed by atoms with van der Waals surface area (Å²) in [5, 5.41) is 18.5. The summed E-state index contributed by atoms with van der Waals surface area (Å²) in [5.41, 5.74) is 1.65. The SMILES string of the molecule is Cc1nnc(/C=C/c2ccc(CC(C)NC(=O)OC(C)(C)C)cc2)nn1. The normalized spacial score (nSPS) is 12.8. The molecule has 0 radical (unpaired) electrons. The summed E-state index contributed by atoms with van der Waals surface area (Å²) in [6, 6.07) is 8.03. The van der Waals surface area contributed by atoms with Crippen molar-refractivity contribution in [2.75, 3.05) is 0 Å². The summed E-state index contributed by atoms with van der Waals surface area (Å²) < 4.78 is 5.27. The molecule has 0 aliphatic heterocycles. The minimum atomic E-state index is -0.496. The Bertz CT molecular complexity index is 749. The number of benzene rings is 1. The van der Waals surface area contributed by atoms with Gasteiger partial charge in [-0.3, -0.25) is 0 Å². The van der Waals surface area contributed by atoms with Crippen molar-refractivity contribution < 1.29 is 9.53 Å². The van der Waals surface area contributed by atoms with Gasteiger partial charge in [0, 0.05) is 6.04 Å². The summed E-state index contributed by atoms with van der Waals surface area (Å²) in [7, 11) is 0. The van der Waals surface area contributed by atoms with Crippen LogP contribution in [-0.2, 0) is 11.2 Å². The minimum Gasteiger partial charge on any atom is -0.444 e. The Hall–Kier alpha value is -2.83. The average molecular weight is 355 g/mol. The van der Waals surface area contributed by atoms with E-state index >= 15 is 0 Å². The van der Waals surface area contributed by atoms with E-state index in [0.717, 1.165) is 17.5 Å². The highest BCUT2D eigenvalue weighted by Crippen LogP contribution is 2.11. The molecule has 138 valence electrons. The first-order valence-electron chi connectivity index (χ1n) is 8.52. The number of nitrogens with one attached hydrogen (secondary N) is 1. The maximum absolute atomic E-state index is 11.8. The van der Waals surface area contributed by atoms with Crippen molar-refractivity contribution in [2.24, 2.45) is 0 Å². The van der Waals surface area contributed by atoms with Crippen LogP contribution < -0.4 is 5.32 Å². The number of aromatic nitrogens is 4. The number of amides is 1. The number of nitrogens with zero attached hydrogens (tertiary/aromatic N) is 4. The first kappa shape index (κ1) is 19.5. The van der Waals surface area contributed by atoms with E-state index in [1.54, 1.807) is 13.0 Å². The van der Waals surface area contributed by atoms with Gasteiger partial charge in [-0.2, -0.15) is 0 Å². The second-order valence-electron chi connectivity index (χ2n) is 7.13. The lowest BCUT2D eigenvalue weighted by Crippen LogP contribution is -2.38. The molecule has 2 rings (SSSR count). The minimum absolute atomic E-state index is 0.0238. The monoisotopic (exact) mass is 355 g/mol. The fourth-order valence-corrected chi connectivity index (χ4v) is 2.20. The third kappa shape index (κ3) is 6.96. The average Bonchev–Trinajstić information content (AvgIpc) is 2.53. The molecule has 7 heteroatoms. The molecule has 1 aromatic heterocycles. The van der Waals surface area contributed by atoms with Crippen LogP contribution >= 0.6 is 0 Å². The zero-order valence-corrected chi connectivity index (χ0v) is 15.9. The third-order valence-corrected chi connectivity index (χ3v) is 3.30. The molecule has 0 bridgehead atoms. The van der Waals surface area contributed by atoms with Gasteiger partial charge in [0.05, 0.1) is 0 Å². The van der Waals surface area contributed by atoms with Crippen molar-refractivity contribution in [3.05, 3.63) is 47.0 Å². The molecular weight excluding hydrogens is 330 g/mol. The van der Waals surface area contributed by atoms with Crippen molar-refractivity contribution in [3.63, 3.8) is 0 Å². The van der Waals surface area contributed by atoms with Crippen LogP contribution in [0, 0.1) is 6.92 Å². The van der Waals surface area contributed by atoms with Crippen LogP contribution in [0.5, 0.6) is 0 Å². The van der Waals surface area contributed by atoms with Crippen molar-refractivity contribution >= 4 is 18.2 Å². The molecule has 0 spiro atoms. The van der Waals surface area contributed by atoms with Crippen molar-refractivity contribution in [3.8, 4) is 0 Å². The quantitative estimate of drug-likeness (QED) is 0.886. The molecule has 1 amide bonds. The van der Waals surface area contributed by atoms with Crippen LogP contribution in [0.25, 0.3) is 12.2 Å². The summed E-state index contributed by atoms with van der Waals surface area (Å²) in [6.07, 6.45) is 3.99. The first-order valence-corrected chi connectivity index (χ1v) is 8.52. The predicted molar refractivity (Wildman–Crippen MR) is 100 cm³/mol. The van der Waals surface area contributed by atoms with Crippen LogP contribution in [0.2, 0.25) is 0 Å². The highest BCUT2D eigenvalue weighted by molar-refractivity contribution is 5.68. The van der Waals surface area contributed by atoms with Crippen LogP contribution in [0.4, 0.5) is 4.79 Å². The van der Waals surface area contributed by atoms with E-state index in [1.807, 2.05) is 58.0 Å². The van der Waals surface area contributed by atoms with Crippen molar-refractivity contribution in [1.82, 2.24) is 25.7 Å². The van der Waals surface area contributed by atoms with Gasteiger partial charge in [-0.15, -0.1) is 20.4 Å². The van der Waals surface area contributed by atoms with Crippen molar-refractivity contribution in [2.45, 2.75) is 52.7 Å². The molecular formula is C19H25N5O2. The Morgan fingerprint density at radius 1 is 1.12 bits per heavy atom. The molecule has 26 heavy (non-hydrogen) atoms. The van der Waals surface area contributed by atoms with Crippen molar-refractivity contribution in [1.29, 1.82) is 0 Å². The maximum atomic E-state index is 11.8. The highest BCUT2D eigenvalue weighted by Gasteiger charge is 2.17. The number of alkyl carbamates (subject to hydrolysis) is 1. The lowest BCUT2D eigenvalue weighted by Gasteiger charge is -2.22. The van der Waals surface area contributed by atoms with Gasteiger partial charge in [0.2, 0.25) is 0 Å². The summed E-state index contributed by atoms with van der Waals surface area (Å²) in [4.78, 5) is 11.8. The lowest BCUT2D eigenvalue weighted by atomic mass is 10.0. The van der Waals surface area contributed by atoms with Crippen LogP contribution in [0.15, 0.2) is 24.3 Å². The fourth-order valence-electron chi connectivity index (χ4n) is 2.20. The molecule has 1 N–H and O–H groups in total. The standard InChI is InChI=1S/C19H25N5O2/c1-13(20-18(25)26-19(3,4)5)12-16-8-6-15(7-9-16)10-11-17-23-21-14(2)22-24-17/h6-11,13H,12H2,1-5H3,(H,20,25)/b11-10+. The molecule has 0 aliphatic carbocycles. The Morgan fingerprint density at radius 3 is 2.31 bits per heavy atom. The highest BCUT2D eigenvalue weighted by atomic mass is 16.6. The molecule has 0 aliphatic rings. The summed E-state index contributed by atoms with van der Waals surface area (Å²) >= 11 is 0. The molecule has 7 nitrogen and oxygen atoms in total. The number of carbonyl (C=O) groups is 1. The Labute approximate surface area is 153 Å². The van der Waals surface area contributed by atoms with E-state index in [4.69, 9.17) is 4.74 Å². The molecule has 0 fully saturated rings. The molecule has 2 aromatic rings. The van der Waals surface area contributed by atoms with E-state index in [-0.39, 0.29) is 6.04 Å². The van der Waals surface area contributed by atoms with Gasteiger partial charge in [0.1, 0.15) is 5.60 Å². The molecule has 1 unspecified atom stereocenters. The second kappa shape index (κ2) is 8.51. The van der Waals surface area contributed by atoms with E-state index in [0.29, 0.717) is 11.6 Å². The van der Waals surface area contributed by atoms with Crippen LogP contribution in [0.1, 0.15) is 50.5 Å². The number of rotatable bonds is 5. The Morgan fingerprint density at radius 2 is 1.73 bits per heavy atom. The topological polar surface area (TPSA) is 89.9 Å². The van der Waals surface area contributed by atoms with Gasteiger partial charge >= 0.3 is 6.09 Å². The zero-order valence-electron chi connectivity index (χ0n) is 15.9. The van der Waals surface area contributed by atoms with Crippen LogP contribution in [0.3, 0.4) is 0 Å². The van der Waals surface area contributed by atoms with E-state index in [1.165, 1.54) is 0 Å². The van der Waals surface area contributed by atoms with Gasteiger partial charge in [-0.25, -0.2) is 4.79 Å². The van der Waals surface area contributed by atoms with Gasteiger partial charge in [0.25, 0.3) is 0 Å². The van der Waals surface area contributed by atoms with E-state index in [2.05, 4.69) is 25.7 Å². The van der Waals surface area contributed by atoms with Gasteiger partial charge in [0.15, 0.2) is 11.6 Å². The molecule has 0 saturated heterocycles. The number of ether oxygens (including phenoxy) is 1. The summed E-state index contributed by atoms with van der Waals surface area (Å²) in [5.74, 6) is 1.01. The van der Waals surface area contributed by atoms with E-state index in [9.17, 15) is 4.79 Å². The summed E-state index contributed by atoms with van der Waals surface area (Å²) in [6.45, 7) is 9.23. The van der Waals surface area contributed by atoms with Gasteiger partial charge in [-0.1, -0.05) is 30.3 Å². The zero-order chi connectivity index (χ0) is 19.2. The largest absolute Gasteiger partial charge is 0.444 e. The van der Waals surface area contributed by atoms with E-state index < -0.39 is 11.7 Å². The molecule has 1 aromatic carbocycles. The van der Waals surface area contributed by atoms with Crippen LogP contribution in [-0.4, -0.2) is 38.1 Å². The molecule has 0 saturated carbocycles. The van der Waals surface area contributed by atoms with Gasteiger partial charge in [-0.05, 0) is 58.2 Å². The fraction of sp³-hybridized carbons (Fsp3) is 0.421. The smallest absolute Gasteiger partial charge is 0.407 e. The maximum Gasteiger partial charge on any atom is 0.407 e. The molecule has 1 heterocycles. The number of carbonyl (C=O) groups excluding carboxylic acids is 1. The Balaban J connectivity index is 1.88. The molecule has 1 atom stereocenters. The number of aryl methyl sites for hydroxylation is 1. The lowest BCUT2D eigenvalue weighted by molar-refractivity contribution is 0.0508. The first-order chi connectivity index (χ1) is 12.2. The second-order valence-corrected chi connectivity index (χ2v) is 7.13. The number of hydrogen-bond donors (Lipinski definition) is 1. The number of hydrogen-bond acceptors (Lipinski definition) is 6. The predicted octanol–water partition coefficient (Wildman–Crippen LogP) is 3.20. The Kier molecular flexibility index (Phi) is 6.38. The van der Waals surface area contributed by atoms with Gasteiger partial charge < -0.3 is 10.1 Å².